The summed E-state index contributed by atoms with van der Waals surface area (Å²) in [5.74, 6) is -0.309. The molecule has 3 atom stereocenters. The van der Waals surface area contributed by atoms with Crippen LogP contribution in [0.15, 0.2) is 49.1 Å². The fourth-order valence-electron chi connectivity index (χ4n) is 4.05. The number of alkyl halides is 1. The van der Waals surface area contributed by atoms with E-state index in [2.05, 4.69) is 44.1 Å². The smallest absolute Gasteiger partial charge is 0.211 e. The van der Waals surface area contributed by atoms with Crippen molar-refractivity contribution < 1.29 is 23.1 Å². The number of anilines is 1. The Kier molecular flexibility index (Phi) is 20.9. The van der Waals surface area contributed by atoms with Crippen molar-refractivity contribution >= 4 is 29.5 Å². The van der Waals surface area contributed by atoms with E-state index in [0.29, 0.717) is 42.7 Å². The number of nitriles is 1. The molecule has 9 heteroatoms. The van der Waals surface area contributed by atoms with Gasteiger partial charge in [-0.1, -0.05) is 64.4 Å². The maximum Gasteiger partial charge on any atom is 0.211 e. The highest BCUT2D eigenvalue weighted by Gasteiger charge is 2.39. The minimum atomic E-state index is -0.391. The van der Waals surface area contributed by atoms with Gasteiger partial charge in [0.1, 0.15) is 11.6 Å². The molecule has 0 spiro atoms. The van der Waals surface area contributed by atoms with Crippen LogP contribution in [-0.4, -0.2) is 39.1 Å². The Morgan fingerprint density at radius 2 is 1.85 bits per heavy atom. The van der Waals surface area contributed by atoms with Gasteiger partial charge in [-0.3, -0.25) is 14.0 Å². The molecule has 1 saturated heterocycles. The van der Waals surface area contributed by atoms with Crippen LogP contribution >= 0.6 is 11.6 Å². The first-order chi connectivity index (χ1) is 19.4. The van der Waals surface area contributed by atoms with E-state index < -0.39 is 5.82 Å². The third kappa shape index (κ3) is 13.8. The summed E-state index contributed by atoms with van der Waals surface area (Å²) in [5, 5.41) is 15.5. The average Bonchev–Trinajstić information content (AvgIpc) is 3.34. The average molecular weight is 594 g/mol. The maximum absolute atomic E-state index is 14.2. The summed E-state index contributed by atoms with van der Waals surface area (Å²) >= 11 is 5.85. The fourth-order valence-corrected chi connectivity index (χ4v) is 4.24. The maximum atomic E-state index is 14.2. The van der Waals surface area contributed by atoms with Gasteiger partial charge >= 0.3 is 0 Å². The number of Topliss-reactive ketones (excluding diaryl/α,β-unsaturated/α-hetero) is 1. The van der Waals surface area contributed by atoms with Crippen LogP contribution in [0, 0.1) is 28.5 Å². The van der Waals surface area contributed by atoms with E-state index >= 15 is 0 Å². The molecule has 1 heterocycles. The van der Waals surface area contributed by atoms with Crippen LogP contribution in [-0.2, 0) is 4.79 Å². The van der Waals surface area contributed by atoms with Crippen LogP contribution in [0.2, 0.25) is 5.02 Å². The monoisotopic (exact) mass is 593 g/mol. The Bertz CT molecular complexity index is 1110. The van der Waals surface area contributed by atoms with E-state index in [4.69, 9.17) is 16.3 Å². The van der Waals surface area contributed by atoms with Crippen LogP contribution in [0.4, 0.5) is 14.5 Å². The minimum absolute atomic E-state index is 0.0408. The van der Waals surface area contributed by atoms with Crippen molar-refractivity contribution in [3.05, 3.63) is 71.0 Å². The van der Waals surface area contributed by atoms with Gasteiger partial charge in [-0.05, 0) is 55.5 Å². The molecule has 228 valence electrons. The van der Waals surface area contributed by atoms with Crippen molar-refractivity contribution in [2.24, 2.45) is 11.3 Å². The predicted octanol–water partition coefficient (Wildman–Crippen LogP) is 8.38. The number of methoxy groups -OCH3 is 1. The van der Waals surface area contributed by atoms with Crippen molar-refractivity contribution in [1.82, 2.24) is 5.32 Å². The number of amides is 1. The molecule has 0 radical (unpaired) electrons. The second kappa shape index (κ2) is 21.5. The number of benzene rings is 2. The summed E-state index contributed by atoms with van der Waals surface area (Å²) in [7, 11) is 1.98. The van der Waals surface area contributed by atoms with E-state index in [1.807, 2.05) is 20.8 Å². The van der Waals surface area contributed by atoms with Gasteiger partial charge in [0.2, 0.25) is 6.41 Å². The van der Waals surface area contributed by atoms with E-state index in [-0.39, 0.29) is 34.1 Å². The van der Waals surface area contributed by atoms with Gasteiger partial charge in [0.15, 0.2) is 5.78 Å². The summed E-state index contributed by atoms with van der Waals surface area (Å²) in [6.07, 6.45) is 3.20. The van der Waals surface area contributed by atoms with Gasteiger partial charge in [-0.15, -0.1) is 6.58 Å². The highest BCUT2D eigenvalue weighted by Crippen LogP contribution is 2.38. The third-order valence-electron chi connectivity index (χ3n) is 5.65. The zero-order chi connectivity index (χ0) is 32.2. The third-order valence-corrected chi connectivity index (χ3v) is 5.94. The summed E-state index contributed by atoms with van der Waals surface area (Å²) in [4.78, 5) is 21.3. The van der Waals surface area contributed by atoms with Crippen LogP contribution in [0.25, 0.3) is 0 Å². The van der Waals surface area contributed by atoms with Gasteiger partial charge in [0.25, 0.3) is 0 Å². The Morgan fingerprint density at radius 3 is 2.32 bits per heavy atom. The van der Waals surface area contributed by atoms with Crippen molar-refractivity contribution in [2.45, 2.75) is 66.8 Å². The molecule has 1 aliphatic rings. The molecule has 0 bridgehead atoms. The Labute approximate surface area is 250 Å². The number of halogens is 3. The number of hydrogen-bond acceptors (Lipinski definition) is 5. The van der Waals surface area contributed by atoms with E-state index in [0.717, 1.165) is 6.42 Å². The summed E-state index contributed by atoms with van der Waals surface area (Å²) in [6, 6.07) is 12.3. The highest BCUT2D eigenvalue weighted by atomic mass is 35.5. The number of nitrogens with one attached hydrogen (secondary N) is 2. The number of allylic oxidation sites excluding steroid dienone is 1. The molecule has 0 aromatic heterocycles. The lowest BCUT2D eigenvalue weighted by Crippen LogP contribution is -2.31. The quantitative estimate of drug-likeness (QED) is 0.199. The van der Waals surface area contributed by atoms with Crippen molar-refractivity contribution in [2.75, 3.05) is 26.1 Å². The first-order valence-electron chi connectivity index (χ1n) is 13.3. The molecule has 1 aliphatic heterocycles. The molecule has 2 N–H and O–H groups in total. The molecule has 1 amide bonds. The molecule has 2 aromatic rings. The number of hydrogen-bond donors (Lipinski definition) is 2. The Hall–Kier alpha value is -3.28. The lowest BCUT2D eigenvalue weighted by atomic mass is 9.79. The lowest BCUT2D eigenvalue weighted by Gasteiger charge is -2.26. The summed E-state index contributed by atoms with van der Waals surface area (Å²) < 4.78 is 28.7. The van der Waals surface area contributed by atoms with E-state index in [1.54, 1.807) is 36.4 Å². The van der Waals surface area contributed by atoms with Crippen LogP contribution in [0.3, 0.4) is 0 Å². The van der Waals surface area contributed by atoms with E-state index in [1.165, 1.54) is 20.1 Å². The lowest BCUT2D eigenvalue weighted by molar-refractivity contribution is -0.105. The van der Waals surface area contributed by atoms with Gasteiger partial charge in [-0.25, -0.2) is 4.39 Å². The van der Waals surface area contributed by atoms with Gasteiger partial charge in [0, 0.05) is 24.1 Å². The Balaban J connectivity index is 0. The SMILES string of the molecule is C=CC.CC.CC(C)(C)CC1NCC(c2cccc(Cl)c2F)C1C#N.CF.COc1cc(C(C)=O)ccc1NC=O. The molecule has 1 fully saturated rings. The standard InChI is InChI=1S/C16H20ClFN2.C10H11NO3.C3H6.C2H6.CH3F/c1-16(2,3)7-14-11(8-19)12(9-20-14)10-5-4-6-13(17)15(10)18;1-7(13)8-3-4-9(11-6-12)10(5-8)14-2;1-3-2;2*1-2/h4-6,11-12,14,20H,7,9H2,1-3H3;3-6H,1-2H3,(H,11,12);3H,1H2,2H3;1-2H3;1H3. The first kappa shape index (κ1) is 39.9. The van der Waals surface area contributed by atoms with Crippen LogP contribution in [0.5, 0.6) is 5.75 Å². The number of rotatable bonds is 6. The number of nitrogens with zero attached hydrogens (tertiary/aromatic N) is 1. The zero-order valence-electron chi connectivity index (χ0n) is 25.8. The highest BCUT2D eigenvalue weighted by molar-refractivity contribution is 6.30. The Morgan fingerprint density at radius 1 is 1.27 bits per heavy atom. The molecule has 6 nitrogen and oxygen atoms in total. The summed E-state index contributed by atoms with van der Waals surface area (Å²) in [6.45, 7) is 17.8. The molecule has 0 saturated carbocycles. The number of carbonyl (C=O) groups excluding carboxylic acids is 2. The normalized spacial score (nSPS) is 16.7. The molecule has 3 unspecified atom stereocenters. The van der Waals surface area contributed by atoms with Gasteiger partial charge in [-0.2, -0.15) is 5.26 Å². The fraction of sp³-hybridized carbons (Fsp3) is 0.469. The van der Waals surface area contributed by atoms with E-state index in [9.17, 15) is 23.6 Å². The molecule has 41 heavy (non-hydrogen) atoms. The second-order valence-corrected chi connectivity index (χ2v) is 10.2. The number of ether oxygens (including phenoxy) is 1. The molecule has 2 aromatic carbocycles. The minimum Gasteiger partial charge on any atom is -0.495 e. The first-order valence-corrected chi connectivity index (χ1v) is 13.7. The predicted molar refractivity (Wildman–Crippen MR) is 166 cm³/mol. The number of ketones is 1. The van der Waals surface area contributed by atoms with Crippen molar-refractivity contribution in [3.63, 3.8) is 0 Å². The van der Waals surface area contributed by atoms with Gasteiger partial charge < -0.3 is 15.4 Å². The second-order valence-electron chi connectivity index (χ2n) is 9.83. The zero-order valence-corrected chi connectivity index (χ0v) is 26.5. The molecule has 0 aliphatic carbocycles. The van der Waals surface area contributed by atoms with Crippen LogP contribution in [0.1, 0.15) is 76.7 Å². The number of carbonyl (C=O) groups is 2. The summed E-state index contributed by atoms with van der Waals surface area (Å²) in [5.41, 5.74) is 1.79. The van der Waals surface area contributed by atoms with Crippen molar-refractivity contribution in [1.29, 1.82) is 5.26 Å². The van der Waals surface area contributed by atoms with Gasteiger partial charge in [0.05, 0.1) is 37.0 Å². The van der Waals surface area contributed by atoms with Crippen molar-refractivity contribution in [3.8, 4) is 11.8 Å². The molecular weight excluding hydrogens is 548 g/mol. The largest absolute Gasteiger partial charge is 0.495 e. The molecular formula is C32H46ClF2N3O3. The topological polar surface area (TPSA) is 91.2 Å². The molecule has 3 rings (SSSR count). The van der Waals surface area contributed by atoms with Crippen LogP contribution < -0.4 is 15.4 Å².